The van der Waals surface area contributed by atoms with E-state index in [4.69, 9.17) is 14.2 Å². The second-order valence-corrected chi connectivity index (χ2v) is 9.80. The highest BCUT2D eigenvalue weighted by atomic mass is 16.5. The Morgan fingerprint density at radius 3 is 2.68 bits per heavy atom. The van der Waals surface area contributed by atoms with E-state index in [1.807, 2.05) is 36.4 Å². The summed E-state index contributed by atoms with van der Waals surface area (Å²) in [7, 11) is 2.23. The fourth-order valence-electron chi connectivity index (χ4n) is 5.70. The van der Waals surface area contributed by atoms with Crippen LogP contribution in [-0.2, 0) is 4.74 Å². The Kier molecular flexibility index (Phi) is 5.75. The molecule has 0 aliphatic carbocycles. The minimum atomic E-state index is -0.0782. The number of hydrogen-bond acceptors (Lipinski definition) is 6. The molecule has 4 atom stereocenters. The Morgan fingerprint density at radius 1 is 1.09 bits per heavy atom. The lowest BCUT2D eigenvalue weighted by atomic mass is 10.0. The maximum Gasteiger partial charge on any atom is 0.263 e. The van der Waals surface area contributed by atoms with Gasteiger partial charge in [-0.1, -0.05) is 0 Å². The smallest absolute Gasteiger partial charge is 0.263 e. The quantitative estimate of drug-likeness (QED) is 0.554. The normalized spacial score (nSPS) is 26.7. The molecule has 7 heteroatoms. The van der Waals surface area contributed by atoms with Gasteiger partial charge in [0.2, 0.25) is 5.88 Å². The summed E-state index contributed by atoms with van der Waals surface area (Å²) in [6.45, 7) is 1.36. The van der Waals surface area contributed by atoms with Crippen molar-refractivity contribution < 1.29 is 14.2 Å². The third kappa shape index (κ3) is 4.18. The number of ether oxygens (including phenoxy) is 3. The van der Waals surface area contributed by atoms with Gasteiger partial charge in [-0.15, -0.1) is 0 Å². The molecular weight excluding hydrogens is 430 g/mol. The van der Waals surface area contributed by atoms with Crippen molar-refractivity contribution in [2.45, 2.75) is 62.8 Å². The van der Waals surface area contributed by atoms with Crippen LogP contribution in [0.15, 0.2) is 53.6 Å². The monoisotopic (exact) mass is 461 g/mol. The maximum absolute atomic E-state index is 13.2. The van der Waals surface area contributed by atoms with Gasteiger partial charge in [0.15, 0.2) is 0 Å². The molecule has 3 aromatic rings. The predicted molar refractivity (Wildman–Crippen MR) is 130 cm³/mol. The zero-order valence-corrected chi connectivity index (χ0v) is 19.6. The average Bonchev–Trinajstić information content (AvgIpc) is 3.43. The van der Waals surface area contributed by atoms with Crippen LogP contribution in [0.1, 0.15) is 38.5 Å². The van der Waals surface area contributed by atoms with Crippen LogP contribution in [0.25, 0.3) is 16.5 Å². The van der Waals surface area contributed by atoms with E-state index in [-0.39, 0.29) is 17.8 Å². The number of hydrogen-bond donors (Lipinski definition) is 0. The Balaban J connectivity index is 1.16. The molecule has 7 nitrogen and oxygen atoms in total. The van der Waals surface area contributed by atoms with Crippen LogP contribution < -0.4 is 15.0 Å². The molecule has 3 aliphatic rings. The molecule has 3 aliphatic heterocycles. The molecule has 34 heavy (non-hydrogen) atoms. The van der Waals surface area contributed by atoms with E-state index in [0.29, 0.717) is 30.0 Å². The highest BCUT2D eigenvalue weighted by Gasteiger charge is 2.39. The van der Waals surface area contributed by atoms with Crippen molar-refractivity contribution in [3.8, 4) is 17.3 Å². The van der Waals surface area contributed by atoms with E-state index in [2.05, 4.69) is 16.9 Å². The average molecular weight is 462 g/mol. The van der Waals surface area contributed by atoms with Crippen LogP contribution >= 0.6 is 0 Å². The molecule has 0 unspecified atom stereocenters. The molecule has 3 saturated heterocycles. The number of benzene rings is 1. The zero-order valence-electron chi connectivity index (χ0n) is 19.6. The molecule has 5 heterocycles. The SMILES string of the molecule is CN1[C@@H]2CC[C@H]1C[C@@H](Oc1ccc(-n3ccc4cc(OC[C@@H]5CCCO5)ccc4c3=O)cn1)C2. The number of aromatic nitrogens is 2. The molecule has 0 saturated carbocycles. The largest absolute Gasteiger partial charge is 0.491 e. The van der Waals surface area contributed by atoms with Crippen LogP contribution in [0.3, 0.4) is 0 Å². The van der Waals surface area contributed by atoms with Gasteiger partial charge in [-0.05, 0) is 81.3 Å². The second kappa shape index (κ2) is 9.04. The molecular formula is C27H31N3O4. The zero-order chi connectivity index (χ0) is 23.1. The van der Waals surface area contributed by atoms with Gasteiger partial charge in [0.05, 0.1) is 18.0 Å². The molecule has 178 valence electrons. The van der Waals surface area contributed by atoms with Crippen molar-refractivity contribution in [1.82, 2.24) is 14.5 Å². The van der Waals surface area contributed by atoms with Gasteiger partial charge in [0.25, 0.3) is 5.56 Å². The van der Waals surface area contributed by atoms with Crippen LogP contribution in [0, 0.1) is 0 Å². The van der Waals surface area contributed by atoms with Gasteiger partial charge in [0, 0.05) is 36.3 Å². The van der Waals surface area contributed by atoms with Crippen molar-refractivity contribution in [2.75, 3.05) is 20.3 Å². The summed E-state index contributed by atoms with van der Waals surface area (Å²) in [5.74, 6) is 1.38. The fourth-order valence-corrected chi connectivity index (χ4v) is 5.70. The number of pyridine rings is 2. The first-order valence-electron chi connectivity index (χ1n) is 12.4. The van der Waals surface area contributed by atoms with E-state index >= 15 is 0 Å². The highest BCUT2D eigenvalue weighted by Crippen LogP contribution is 2.35. The third-order valence-electron chi connectivity index (χ3n) is 7.68. The predicted octanol–water partition coefficient (Wildman–Crippen LogP) is 3.95. The van der Waals surface area contributed by atoms with Gasteiger partial charge in [0.1, 0.15) is 18.5 Å². The molecule has 3 fully saturated rings. The summed E-state index contributed by atoms with van der Waals surface area (Å²) in [5.41, 5.74) is 0.645. The minimum Gasteiger partial charge on any atom is -0.491 e. The Labute approximate surface area is 199 Å². The van der Waals surface area contributed by atoms with Crippen molar-refractivity contribution in [3.05, 3.63) is 59.1 Å². The molecule has 2 aromatic heterocycles. The van der Waals surface area contributed by atoms with Crippen LogP contribution in [0.2, 0.25) is 0 Å². The van der Waals surface area contributed by atoms with Crippen molar-refractivity contribution in [2.24, 2.45) is 0 Å². The molecule has 1 aromatic carbocycles. The number of piperidine rings is 1. The van der Waals surface area contributed by atoms with E-state index < -0.39 is 0 Å². The first-order valence-corrected chi connectivity index (χ1v) is 12.4. The topological polar surface area (TPSA) is 65.8 Å². The minimum absolute atomic E-state index is 0.0782. The van der Waals surface area contributed by atoms with E-state index in [9.17, 15) is 4.79 Å². The number of nitrogens with zero attached hydrogens (tertiary/aromatic N) is 3. The summed E-state index contributed by atoms with van der Waals surface area (Å²) in [5, 5.41) is 1.50. The molecule has 0 N–H and O–H groups in total. The second-order valence-electron chi connectivity index (χ2n) is 9.80. The third-order valence-corrected chi connectivity index (χ3v) is 7.68. The summed E-state index contributed by atoms with van der Waals surface area (Å²) < 4.78 is 19.3. The van der Waals surface area contributed by atoms with Crippen LogP contribution in [-0.4, -0.2) is 59.0 Å². The molecule has 0 radical (unpaired) electrons. The lowest BCUT2D eigenvalue weighted by molar-refractivity contribution is 0.0633. The van der Waals surface area contributed by atoms with Crippen molar-refractivity contribution in [3.63, 3.8) is 0 Å². The number of fused-ring (bicyclic) bond motifs is 3. The summed E-state index contributed by atoms with van der Waals surface area (Å²) in [6, 6.07) is 12.6. The lowest BCUT2D eigenvalue weighted by Crippen LogP contribution is -2.43. The van der Waals surface area contributed by atoms with Gasteiger partial charge in [-0.3, -0.25) is 9.36 Å². The van der Waals surface area contributed by atoms with Gasteiger partial charge in [-0.2, -0.15) is 0 Å². The Hall–Kier alpha value is -2.90. The van der Waals surface area contributed by atoms with Crippen LogP contribution in [0.4, 0.5) is 0 Å². The molecule has 2 bridgehead atoms. The van der Waals surface area contributed by atoms with E-state index in [1.54, 1.807) is 17.0 Å². The first-order chi connectivity index (χ1) is 16.6. The van der Waals surface area contributed by atoms with Crippen molar-refractivity contribution >= 4 is 10.8 Å². The van der Waals surface area contributed by atoms with Gasteiger partial charge in [-0.25, -0.2) is 4.98 Å². The molecule has 0 spiro atoms. The van der Waals surface area contributed by atoms with E-state index in [0.717, 1.165) is 49.1 Å². The standard InChI is InChI=1S/C27H31N3O4/c1-29-19-4-5-20(29)15-24(14-19)34-26-9-6-21(16-28-26)30-11-10-18-13-22(7-8-25(18)27(30)31)33-17-23-3-2-12-32-23/h6-11,13,16,19-20,23-24H,2-5,12,14-15,17H2,1H3/t19-,20+,23-,24+/m0/s1. The van der Waals surface area contributed by atoms with E-state index in [1.165, 1.54) is 12.8 Å². The highest BCUT2D eigenvalue weighted by molar-refractivity contribution is 5.83. The van der Waals surface area contributed by atoms with Crippen LogP contribution in [0.5, 0.6) is 11.6 Å². The Morgan fingerprint density at radius 2 is 1.94 bits per heavy atom. The van der Waals surface area contributed by atoms with Gasteiger partial charge < -0.3 is 19.1 Å². The fraction of sp³-hybridized carbons (Fsp3) is 0.481. The maximum atomic E-state index is 13.2. The summed E-state index contributed by atoms with van der Waals surface area (Å²) >= 11 is 0. The summed E-state index contributed by atoms with van der Waals surface area (Å²) in [6.07, 6.45) is 10.7. The number of rotatable bonds is 6. The molecule has 6 rings (SSSR count). The summed E-state index contributed by atoms with van der Waals surface area (Å²) in [4.78, 5) is 20.2. The Bertz CT molecular complexity index is 1200. The first kappa shape index (κ1) is 21.6. The van der Waals surface area contributed by atoms with Gasteiger partial charge >= 0.3 is 0 Å². The molecule has 0 amide bonds. The lowest BCUT2D eigenvalue weighted by Gasteiger charge is -2.36. The van der Waals surface area contributed by atoms with Crippen molar-refractivity contribution in [1.29, 1.82) is 0 Å².